The van der Waals surface area contributed by atoms with Gasteiger partial charge in [-0.3, -0.25) is 4.90 Å². The predicted molar refractivity (Wildman–Crippen MR) is 62.3 cm³/mol. The van der Waals surface area contributed by atoms with Crippen LogP contribution >= 0.6 is 0 Å². The Hall–Kier alpha value is -0.0800. The molecule has 1 heterocycles. The Kier molecular flexibility index (Phi) is 4.39. The zero-order valence-electron chi connectivity index (χ0n) is 10.1. The monoisotopic (exact) mass is 198 g/mol. The minimum atomic E-state index is 0.100. The van der Waals surface area contributed by atoms with Crippen molar-refractivity contribution in [3.63, 3.8) is 0 Å². The largest absolute Gasteiger partial charge is 0.323 e. The van der Waals surface area contributed by atoms with Crippen molar-refractivity contribution in [3.8, 4) is 0 Å². The van der Waals surface area contributed by atoms with Crippen LogP contribution in [0, 0.1) is 5.92 Å². The molecule has 14 heavy (non-hydrogen) atoms. The Morgan fingerprint density at radius 3 is 2.43 bits per heavy atom. The molecule has 1 aliphatic rings. The standard InChI is InChI=1S/C12H26N2/c1-4-6-7-11(5-2)8-14-9-12(3,13)10-14/h11H,4-10,13H2,1-3H3. The maximum Gasteiger partial charge on any atom is 0.0383 e. The number of nitrogens with zero attached hydrogens (tertiary/aromatic N) is 1. The summed E-state index contributed by atoms with van der Waals surface area (Å²) >= 11 is 0. The number of hydrogen-bond acceptors (Lipinski definition) is 2. The number of likely N-dealkylation sites (tertiary alicyclic amines) is 1. The smallest absolute Gasteiger partial charge is 0.0383 e. The highest BCUT2D eigenvalue weighted by molar-refractivity contribution is 4.96. The lowest BCUT2D eigenvalue weighted by Crippen LogP contribution is -2.65. The van der Waals surface area contributed by atoms with Gasteiger partial charge in [-0.2, -0.15) is 0 Å². The molecule has 0 saturated carbocycles. The number of nitrogens with two attached hydrogens (primary N) is 1. The van der Waals surface area contributed by atoms with Crippen LogP contribution < -0.4 is 5.73 Å². The zero-order valence-corrected chi connectivity index (χ0v) is 10.1. The molecule has 1 fully saturated rings. The molecule has 2 N–H and O–H groups in total. The molecule has 84 valence electrons. The van der Waals surface area contributed by atoms with Gasteiger partial charge in [0, 0.05) is 25.2 Å². The quantitative estimate of drug-likeness (QED) is 0.709. The lowest BCUT2D eigenvalue weighted by Gasteiger charge is -2.46. The van der Waals surface area contributed by atoms with E-state index in [0.29, 0.717) is 0 Å². The first-order valence-corrected chi connectivity index (χ1v) is 6.08. The fraction of sp³-hybridized carbons (Fsp3) is 1.00. The molecule has 2 heteroatoms. The van der Waals surface area contributed by atoms with Crippen molar-refractivity contribution in [1.82, 2.24) is 4.90 Å². The number of unbranched alkanes of at least 4 members (excludes halogenated alkanes) is 1. The van der Waals surface area contributed by atoms with Crippen LogP contribution in [0.4, 0.5) is 0 Å². The van der Waals surface area contributed by atoms with Crippen molar-refractivity contribution in [2.24, 2.45) is 11.7 Å². The van der Waals surface area contributed by atoms with Crippen LogP contribution in [0.5, 0.6) is 0 Å². The summed E-state index contributed by atoms with van der Waals surface area (Å²) < 4.78 is 0. The van der Waals surface area contributed by atoms with E-state index in [0.717, 1.165) is 19.0 Å². The minimum absolute atomic E-state index is 0.100. The first-order valence-electron chi connectivity index (χ1n) is 6.08. The highest BCUT2D eigenvalue weighted by Crippen LogP contribution is 2.22. The van der Waals surface area contributed by atoms with Gasteiger partial charge in [0.1, 0.15) is 0 Å². The van der Waals surface area contributed by atoms with E-state index in [1.165, 1.54) is 32.2 Å². The minimum Gasteiger partial charge on any atom is -0.323 e. The average Bonchev–Trinajstić information content (AvgIpc) is 2.08. The van der Waals surface area contributed by atoms with Gasteiger partial charge in [0.15, 0.2) is 0 Å². The maximum atomic E-state index is 5.99. The molecular formula is C12H26N2. The van der Waals surface area contributed by atoms with E-state index in [9.17, 15) is 0 Å². The molecule has 0 spiro atoms. The first kappa shape index (κ1) is 12.0. The fourth-order valence-corrected chi connectivity index (χ4v) is 2.39. The molecule has 0 aromatic heterocycles. The van der Waals surface area contributed by atoms with Gasteiger partial charge in [0.2, 0.25) is 0 Å². The molecule has 0 aliphatic carbocycles. The molecule has 1 aliphatic heterocycles. The summed E-state index contributed by atoms with van der Waals surface area (Å²) in [5.41, 5.74) is 6.09. The van der Waals surface area contributed by atoms with Crippen molar-refractivity contribution < 1.29 is 0 Å². The second-order valence-corrected chi connectivity index (χ2v) is 5.24. The maximum absolute atomic E-state index is 5.99. The van der Waals surface area contributed by atoms with Crippen molar-refractivity contribution in [2.45, 2.75) is 52.0 Å². The van der Waals surface area contributed by atoms with E-state index in [2.05, 4.69) is 25.7 Å². The first-order chi connectivity index (χ1) is 6.57. The van der Waals surface area contributed by atoms with Crippen LogP contribution in [0.25, 0.3) is 0 Å². The molecule has 0 amide bonds. The Morgan fingerprint density at radius 2 is 2.00 bits per heavy atom. The summed E-state index contributed by atoms with van der Waals surface area (Å²) in [6.07, 6.45) is 5.42. The van der Waals surface area contributed by atoms with Crippen LogP contribution in [0.15, 0.2) is 0 Å². The third-order valence-corrected chi connectivity index (χ3v) is 3.23. The van der Waals surface area contributed by atoms with Crippen LogP contribution in [0.1, 0.15) is 46.5 Å². The summed E-state index contributed by atoms with van der Waals surface area (Å²) in [5, 5.41) is 0. The van der Waals surface area contributed by atoms with Gasteiger partial charge in [-0.1, -0.05) is 33.1 Å². The Labute approximate surface area is 88.8 Å². The lowest BCUT2D eigenvalue weighted by molar-refractivity contribution is 0.0641. The van der Waals surface area contributed by atoms with Crippen LogP contribution in [0.2, 0.25) is 0 Å². The van der Waals surface area contributed by atoms with Gasteiger partial charge in [-0.05, 0) is 19.3 Å². The number of rotatable bonds is 6. The molecule has 0 bridgehead atoms. The molecule has 1 unspecified atom stereocenters. The highest BCUT2D eigenvalue weighted by Gasteiger charge is 2.35. The van der Waals surface area contributed by atoms with Crippen molar-refractivity contribution in [3.05, 3.63) is 0 Å². The Bertz CT molecular complexity index is 158. The summed E-state index contributed by atoms with van der Waals surface area (Å²) in [4.78, 5) is 2.50. The van der Waals surface area contributed by atoms with Crippen LogP contribution in [-0.2, 0) is 0 Å². The summed E-state index contributed by atoms with van der Waals surface area (Å²) in [6.45, 7) is 10.2. The molecule has 1 atom stereocenters. The molecular weight excluding hydrogens is 172 g/mol. The third kappa shape index (κ3) is 3.58. The molecule has 1 rings (SSSR count). The molecule has 0 aromatic rings. The van der Waals surface area contributed by atoms with Gasteiger partial charge < -0.3 is 5.73 Å². The van der Waals surface area contributed by atoms with Gasteiger partial charge in [0.05, 0.1) is 0 Å². The summed E-state index contributed by atoms with van der Waals surface area (Å²) in [6, 6.07) is 0. The van der Waals surface area contributed by atoms with Gasteiger partial charge >= 0.3 is 0 Å². The third-order valence-electron chi connectivity index (χ3n) is 3.23. The Balaban J connectivity index is 2.15. The zero-order chi connectivity index (χ0) is 10.6. The SMILES string of the molecule is CCCCC(CC)CN1CC(C)(N)C1. The fourth-order valence-electron chi connectivity index (χ4n) is 2.39. The summed E-state index contributed by atoms with van der Waals surface area (Å²) in [7, 11) is 0. The van der Waals surface area contributed by atoms with Crippen LogP contribution in [0.3, 0.4) is 0 Å². The molecule has 0 radical (unpaired) electrons. The normalized spacial score (nSPS) is 23.1. The van der Waals surface area contributed by atoms with Crippen LogP contribution in [-0.4, -0.2) is 30.1 Å². The van der Waals surface area contributed by atoms with E-state index in [4.69, 9.17) is 5.73 Å². The van der Waals surface area contributed by atoms with Gasteiger partial charge in [0.25, 0.3) is 0 Å². The molecule has 1 saturated heterocycles. The number of hydrogen-bond donors (Lipinski definition) is 1. The second-order valence-electron chi connectivity index (χ2n) is 5.24. The van der Waals surface area contributed by atoms with Crippen molar-refractivity contribution in [1.29, 1.82) is 0 Å². The Morgan fingerprint density at radius 1 is 1.36 bits per heavy atom. The van der Waals surface area contributed by atoms with Gasteiger partial charge in [-0.15, -0.1) is 0 Å². The van der Waals surface area contributed by atoms with E-state index >= 15 is 0 Å². The van der Waals surface area contributed by atoms with E-state index in [1.54, 1.807) is 0 Å². The second kappa shape index (κ2) is 5.13. The van der Waals surface area contributed by atoms with Crippen molar-refractivity contribution in [2.75, 3.05) is 19.6 Å². The van der Waals surface area contributed by atoms with Crippen molar-refractivity contribution >= 4 is 0 Å². The highest BCUT2D eigenvalue weighted by atomic mass is 15.2. The topological polar surface area (TPSA) is 29.3 Å². The molecule has 0 aromatic carbocycles. The van der Waals surface area contributed by atoms with E-state index < -0.39 is 0 Å². The summed E-state index contributed by atoms with van der Waals surface area (Å²) in [5.74, 6) is 0.894. The average molecular weight is 198 g/mol. The van der Waals surface area contributed by atoms with E-state index in [-0.39, 0.29) is 5.54 Å². The lowest BCUT2D eigenvalue weighted by atomic mass is 9.90. The molecule has 2 nitrogen and oxygen atoms in total. The predicted octanol–water partition coefficient (Wildman–Crippen LogP) is 2.24. The van der Waals surface area contributed by atoms with Gasteiger partial charge in [-0.25, -0.2) is 0 Å². The van der Waals surface area contributed by atoms with E-state index in [1.807, 2.05) is 0 Å².